The van der Waals surface area contributed by atoms with Crippen LogP contribution in [0, 0.1) is 17.2 Å². The zero-order valence-corrected chi connectivity index (χ0v) is 34.0. The van der Waals surface area contributed by atoms with Gasteiger partial charge >= 0.3 is 0 Å². The minimum Gasteiger partial charge on any atom is -0.490 e. The zero-order valence-electron chi connectivity index (χ0n) is 33.2. The van der Waals surface area contributed by atoms with Gasteiger partial charge < -0.3 is 19.9 Å². The minimum absolute atomic E-state index is 0.0153. The first kappa shape index (κ1) is 40.2. The molecule has 3 saturated heterocycles. The van der Waals surface area contributed by atoms with E-state index in [1.807, 2.05) is 12.1 Å². The Balaban J connectivity index is 0.782. The maximum Gasteiger partial charge on any atom is 0.272 e. The molecule has 0 bridgehead atoms. The molecule has 1 aromatic heterocycles. The molecule has 3 atom stereocenters. The number of nitrogens with zero attached hydrogens (tertiary/aromatic N) is 7. The van der Waals surface area contributed by atoms with Gasteiger partial charge in [-0.1, -0.05) is 11.6 Å². The average Bonchev–Trinajstić information content (AvgIpc) is 3.48. The van der Waals surface area contributed by atoms with Gasteiger partial charge in [-0.05, 0) is 107 Å². The number of aromatic nitrogens is 2. The molecule has 16 heteroatoms. The van der Waals surface area contributed by atoms with Gasteiger partial charge in [0.15, 0.2) is 11.5 Å². The van der Waals surface area contributed by atoms with Gasteiger partial charge in [0.25, 0.3) is 17.7 Å². The number of anilines is 2. The molecule has 3 aromatic rings. The SMILES string of the molecule is CC1CN(c2ccc3c(c2)C(=O)N(C2CCC(=O)NC2=O)C3=O)CC(C)N1CC1CCN(c2ccc(C(=O)NC3CCC(Oc4ccc(C#N)c(Cl)c4)CC3)nn2)CC1. The number of imide groups is 2. The molecule has 0 radical (unpaired) electrons. The second-order valence-electron chi connectivity index (χ2n) is 16.5. The number of fused-ring (bicyclic) bond motifs is 1. The molecule has 15 nitrogen and oxygen atoms in total. The van der Waals surface area contributed by atoms with Gasteiger partial charge in [-0.25, -0.2) is 0 Å². The summed E-state index contributed by atoms with van der Waals surface area (Å²) in [4.78, 5) is 71.9. The van der Waals surface area contributed by atoms with Crippen LogP contribution in [-0.2, 0) is 9.59 Å². The van der Waals surface area contributed by atoms with Crippen LogP contribution >= 0.6 is 11.6 Å². The second kappa shape index (κ2) is 16.9. The van der Waals surface area contributed by atoms with E-state index in [0.29, 0.717) is 33.5 Å². The van der Waals surface area contributed by atoms with Gasteiger partial charge in [0.1, 0.15) is 17.9 Å². The number of carbonyl (C=O) groups excluding carboxylic acids is 5. The summed E-state index contributed by atoms with van der Waals surface area (Å²) in [6.07, 6.45) is 5.39. The second-order valence-corrected chi connectivity index (χ2v) is 16.9. The number of hydrogen-bond acceptors (Lipinski definition) is 12. The smallest absolute Gasteiger partial charge is 0.272 e. The van der Waals surface area contributed by atoms with E-state index in [0.717, 1.165) is 87.7 Å². The number of nitriles is 1. The summed E-state index contributed by atoms with van der Waals surface area (Å²) in [6, 6.07) is 15.6. The van der Waals surface area contributed by atoms with E-state index in [1.165, 1.54) is 0 Å². The number of halogens is 1. The predicted molar refractivity (Wildman–Crippen MR) is 218 cm³/mol. The number of hydrogen-bond donors (Lipinski definition) is 2. The van der Waals surface area contributed by atoms with Crippen LogP contribution in [0.4, 0.5) is 11.5 Å². The summed E-state index contributed by atoms with van der Waals surface area (Å²) in [5.41, 5.74) is 2.16. The molecule has 8 rings (SSSR count). The number of ether oxygens (including phenoxy) is 1. The van der Waals surface area contributed by atoms with E-state index in [2.05, 4.69) is 55.4 Å². The third kappa shape index (κ3) is 8.47. The molecule has 2 N–H and O–H groups in total. The highest BCUT2D eigenvalue weighted by Gasteiger charge is 2.45. The predicted octanol–water partition coefficient (Wildman–Crippen LogP) is 4.34. The topological polar surface area (TPSA) is 181 Å². The molecule has 3 unspecified atom stereocenters. The van der Waals surface area contributed by atoms with Crippen LogP contribution in [0.15, 0.2) is 48.5 Å². The Hall–Kier alpha value is -5.59. The monoisotopic (exact) mass is 821 g/mol. The quantitative estimate of drug-likeness (QED) is 0.292. The maximum absolute atomic E-state index is 13.4. The van der Waals surface area contributed by atoms with Crippen molar-refractivity contribution >= 4 is 52.6 Å². The first-order valence-corrected chi connectivity index (χ1v) is 21.0. The van der Waals surface area contributed by atoms with Crippen molar-refractivity contribution in [1.29, 1.82) is 5.26 Å². The Bertz CT molecular complexity index is 2170. The summed E-state index contributed by atoms with van der Waals surface area (Å²) in [7, 11) is 0. The lowest BCUT2D eigenvalue weighted by atomic mass is 9.92. The zero-order chi connectivity index (χ0) is 41.4. The molecular formula is C43H48ClN9O6. The van der Waals surface area contributed by atoms with E-state index in [1.54, 1.807) is 36.4 Å². The highest BCUT2D eigenvalue weighted by molar-refractivity contribution is 6.31. The van der Waals surface area contributed by atoms with Crippen LogP contribution < -0.4 is 25.2 Å². The molecule has 0 spiro atoms. The van der Waals surface area contributed by atoms with Gasteiger partial charge in [0.05, 0.1) is 27.8 Å². The summed E-state index contributed by atoms with van der Waals surface area (Å²) in [6.45, 7) is 8.67. The Morgan fingerprint density at radius 3 is 2.27 bits per heavy atom. The lowest BCUT2D eigenvalue weighted by molar-refractivity contribution is -0.136. The number of nitrogens with one attached hydrogen (secondary N) is 2. The number of rotatable bonds is 9. The van der Waals surface area contributed by atoms with E-state index in [9.17, 15) is 24.0 Å². The number of piperidine rings is 2. The minimum atomic E-state index is -0.986. The van der Waals surface area contributed by atoms with Crippen molar-refractivity contribution in [3.8, 4) is 11.8 Å². The van der Waals surface area contributed by atoms with Gasteiger partial charge in [-0.15, -0.1) is 10.2 Å². The fraction of sp³-hybridized carbons (Fsp3) is 0.488. The lowest BCUT2D eigenvalue weighted by Crippen LogP contribution is -2.58. The van der Waals surface area contributed by atoms with Crippen LogP contribution in [0.25, 0.3) is 0 Å². The van der Waals surface area contributed by atoms with Crippen molar-refractivity contribution in [2.45, 2.75) is 95.5 Å². The summed E-state index contributed by atoms with van der Waals surface area (Å²) >= 11 is 6.15. The summed E-state index contributed by atoms with van der Waals surface area (Å²) in [5.74, 6) is -0.310. The van der Waals surface area contributed by atoms with E-state index < -0.39 is 29.7 Å². The average molecular weight is 822 g/mol. The van der Waals surface area contributed by atoms with Gasteiger partial charge in [-0.2, -0.15) is 5.26 Å². The molecular weight excluding hydrogens is 774 g/mol. The van der Waals surface area contributed by atoms with Crippen LogP contribution in [0.2, 0.25) is 5.02 Å². The molecule has 5 heterocycles. The van der Waals surface area contributed by atoms with Crippen LogP contribution in [0.3, 0.4) is 0 Å². The summed E-state index contributed by atoms with van der Waals surface area (Å²) in [5, 5.41) is 23.6. The fourth-order valence-corrected chi connectivity index (χ4v) is 9.49. The Labute approximate surface area is 348 Å². The summed E-state index contributed by atoms with van der Waals surface area (Å²) < 4.78 is 6.08. The standard InChI is InChI=1S/C43H48ClN9O6/c1-25-22-51(30-6-10-33-34(19-30)43(58)53(42(33)57)37-12-14-39(54)47-41(37)56)23-26(2)52(25)24-27-15-17-50(18-16-27)38-13-11-36(48-49-38)40(55)46-29-4-8-31(9-5-29)59-32-7-3-28(21-45)35(44)20-32/h3,6-7,10-11,13,19-20,25-27,29,31,37H,4-5,8-9,12,14-18,22-24H2,1-2H3,(H,46,55)(H,47,54,56). The van der Waals surface area contributed by atoms with E-state index >= 15 is 0 Å². The van der Waals surface area contributed by atoms with Gasteiger partial charge in [0, 0.05) is 69.0 Å². The largest absolute Gasteiger partial charge is 0.490 e. The molecule has 5 aliphatic rings. The lowest BCUT2D eigenvalue weighted by Gasteiger charge is -2.47. The molecule has 4 aliphatic heterocycles. The van der Waals surface area contributed by atoms with Crippen molar-refractivity contribution in [1.82, 2.24) is 30.6 Å². The molecule has 59 heavy (non-hydrogen) atoms. The molecule has 308 valence electrons. The van der Waals surface area contributed by atoms with Crippen molar-refractivity contribution in [2.75, 3.05) is 42.5 Å². The molecule has 2 aromatic carbocycles. The van der Waals surface area contributed by atoms with Crippen molar-refractivity contribution in [2.24, 2.45) is 5.92 Å². The van der Waals surface area contributed by atoms with Gasteiger partial charge in [-0.3, -0.25) is 39.1 Å². The van der Waals surface area contributed by atoms with Gasteiger partial charge in [0.2, 0.25) is 11.8 Å². The Kier molecular flexibility index (Phi) is 11.5. The number of piperazine rings is 1. The molecule has 1 aliphatic carbocycles. The Morgan fingerprint density at radius 1 is 0.881 bits per heavy atom. The Morgan fingerprint density at radius 2 is 1.61 bits per heavy atom. The van der Waals surface area contributed by atoms with Crippen molar-refractivity contribution in [3.05, 3.63) is 75.9 Å². The third-order valence-corrected chi connectivity index (χ3v) is 12.9. The first-order valence-electron chi connectivity index (χ1n) is 20.6. The van der Waals surface area contributed by atoms with Crippen LogP contribution in [0.1, 0.15) is 102 Å². The molecule has 4 fully saturated rings. The van der Waals surface area contributed by atoms with Crippen molar-refractivity contribution in [3.63, 3.8) is 0 Å². The van der Waals surface area contributed by atoms with Crippen LogP contribution in [0.5, 0.6) is 5.75 Å². The van der Waals surface area contributed by atoms with E-state index in [4.69, 9.17) is 21.6 Å². The highest BCUT2D eigenvalue weighted by atomic mass is 35.5. The number of amides is 5. The third-order valence-electron chi connectivity index (χ3n) is 12.6. The highest BCUT2D eigenvalue weighted by Crippen LogP contribution is 2.33. The maximum atomic E-state index is 13.4. The molecule has 5 amide bonds. The molecule has 1 saturated carbocycles. The van der Waals surface area contributed by atoms with Crippen LogP contribution in [-0.4, -0.2) is 113 Å². The normalized spacial score (nSPS) is 25.4. The van der Waals surface area contributed by atoms with E-state index in [-0.39, 0.29) is 48.5 Å². The first-order chi connectivity index (χ1) is 28.4. The number of carbonyl (C=O) groups is 5. The van der Waals surface area contributed by atoms with Crippen molar-refractivity contribution < 1.29 is 28.7 Å². The fourth-order valence-electron chi connectivity index (χ4n) is 9.28. The number of benzene rings is 2.